The van der Waals surface area contributed by atoms with Crippen LogP contribution in [0.5, 0.6) is 0 Å². The number of rotatable bonds is 14. The average molecular weight is 664 g/mol. The van der Waals surface area contributed by atoms with E-state index < -0.39 is 17.8 Å². The maximum absolute atomic E-state index is 13.5. The van der Waals surface area contributed by atoms with Gasteiger partial charge in [-0.25, -0.2) is 9.78 Å². The number of nitrogens with two attached hydrogens (primary N) is 1. The molecule has 46 heavy (non-hydrogen) atoms. The molecule has 0 aliphatic heterocycles. The van der Waals surface area contributed by atoms with Gasteiger partial charge in [-0.15, -0.1) is 0 Å². The molecule has 2 aromatic heterocycles. The van der Waals surface area contributed by atoms with Crippen LogP contribution in [0.15, 0.2) is 24.4 Å². The number of H-pyrrole nitrogens is 2. The highest BCUT2D eigenvalue weighted by atomic mass is 35.5. The van der Waals surface area contributed by atoms with Crippen LogP contribution in [-0.4, -0.2) is 63.2 Å². The molecular weight excluding hydrogens is 627 g/mol. The molecule has 4 amide bonds. The van der Waals surface area contributed by atoms with Crippen LogP contribution < -0.4 is 27.0 Å². The molecule has 2 heterocycles. The fourth-order valence-electron chi connectivity index (χ4n) is 5.34. The molecule has 0 saturated heterocycles. The highest BCUT2D eigenvalue weighted by molar-refractivity contribution is 6.34. The number of unbranched alkanes of at least 4 members (excludes halogenated alkanes) is 3. The highest BCUT2D eigenvalue weighted by Crippen LogP contribution is 2.44. The Morgan fingerprint density at radius 2 is 1.74 bits per heavy atom. The van der Waals surface area contributed by atoms with E-state index in [4.69, 9.17) is 17.3 Å². The van der Waals surface area contributed by atoms with Gasteiger partial charge in [-0.2, -0.15) is 18.3 Å². The fraction of sp³-hybridized carbons (Fsp3) is 0.500. The predicted octanol–water partition coefficient (Wildman–Crippen LogP) is 4.60. The maximum Gasteiger partial charge on any atom is 0.435 e. The number of amides is 4. The number of anilines is 1. The Balaban J connectivity index is 1.03. The Morgan fingerprint density at radius 1 is 1.02 bits per heavy atom. The van der Waals surface area contributed by atoms with Gasteiger partial charge >= 0.3 is 12.2 Å². The van der Waals surface area contributed by atoms with Gasteiger partial charge in [0.2, 0.25) is 0 Å². The molecule has 0 spiro atoms. The number of carbonyl (C=O) groups is 3. The molecule has 0 bridgehead atoms. The normalized spacial score (nSPS) is 17.7. The lowest BCUT2D eigenvalue weighted by Gasteiger charge is -2.32. The van der Waals surface area contributed by atoms with E-state index in [0.717, 1.165) is 51.4 Å². The number of hydrogen-bond donors (Lipinski definition) is 7. The zero-order valence-corrected chi connectivity index (χ0v) is 25.8. The monoisotopic (exact) mass is 663 g/mol. The van der Waals surface area contributed by atoms with E-state index in [2.05, 4.69) is 41.4 Å². The molecule has 5 rings (SSSR count). The lowest BCUT2D eigenvalue weighted by Crippen LogP contribution is -2.52. The molecule has 3 aromatic rings. The van der Waals surface area contributed by atoms with Crippen molar-refractivity contribution in [1.82, 2.24) is 36.1 Å². The minimum atomic E-state index is -4.61. The third-order valence-electron chi connectivity index (χ3n) is 8.02. The zero-order valence-electron chi connectivity index (χ0n) is 25.0. The first-order valence-corrected chi connectivity index (χ1v) is 15.7. The molecule has 16 heteroatoms. The van der Waals surface area contributed by atoms with Crippen LogP contribution in [-0.2, 0) is 12.6 Å². The number of benzene rings is 1. The summed E-state index contributed by atoms with van der Waals surface area (Å²) in [6.45, 7) is 1.03. The molecule has 8 N–H and O–H groups in total. The number of carbonyl (C=O) groups excluding carboxylic acids is 3. The van der Waals surface area contributed by atoms with Crippen molar-refractivity contribution >= 4 is 35.1 Å². The van der Waals surface area contributed by atoms with E-state index in [9.17, 15) is 27.6 Å². The fourth-order valence-corrected chi connectivity index (χ4v) is 5.61. The smallest absolute Gasteiger partial charge is 0.352 e. The predicted molar refractivity (Wildman–Crippen MR) is 165 cm³/mol. The number of hydrogen-bond acceptors (Lipinski definition) is 6. The second-order valence-electron chi connectivity index (χ2n) is 11.8. The van der Waals surface area contributed by atoms with E-state index >= 15 is 0 Å². The van der Waals surface area contributed by atoms with Gasteiger partial charge in [-0.05, 0) is 56.7 Å². The Kier molecular flexibility index (Phi) is 10.5. The van der Waals surface area contributed by atoms with Gasteiger partial charge in [-0.1, -0.05) is 24.4 Å². The lowest BCUT2D eigenvalue weighted by atomic mass is 9.88. The van der Waals surface area contributed by atoms with Crippen LogP contribution >= 0.6 is 11.6 Å². The number of urea groups is 1. The van der Waals surface area contributed by atoms with Crippen molar-refractivity contribution in [3.63, 3.8) is 0 Å². The summed E-state index contributed by atoms with van der Waals surface area (Å²) in [4.78, 5) is 44.0. The van der Waals surface area contributed by atoms with Crippen molar-refractivity contribution in [2.24, 2.45) is 5.73 Å². The van der Waals surface area contributed by atoms with Crippen molar-refractivity contribution in [2.75, 3.05) is 18.4 Å². The molecule has 0 atom stereocenters. The minimum Gasteiger partial charge on any atom is -0.352 e. The highest BCUT2D eigenvalue weighted by Gasteiger charge is 2.40. The number of alkyl halides is 3. The number of aromatic amines is 2. The van der Waals surface area contributed by atoms with E-state index in [1.807, 2.05) is 0 Å². The van der Waals surface area contributed by atoms with Gasteiger partial charge in [0.05, 0.1) is 10.6 Å². The summed E-state index contributed by atoms with van der Waals surface area (Å²) in [6.07, 6.45) is 3.19. The first kappa shape index (κ1) is 33.3. The quantitative estimate of drug-likeness (QED) is 0.124. The number of nitrogens with one attached hydrogen (secondary N) is 6. The topological polar surface area (TPSA) is 183 Å². The maximum atomic E-state index is 13.5. The molecule has 1 aromatic carbocycles. The van der Waals surface area contributed by atoms with Crippen LogP contribution in [0.3, 0.4) is 0 Å². The molecule has 2 fully saturated rings. The van der Waals surface area contributed by atoms with E-state index in [1.54, 1.807) is 0 Å². The average Bonchev–Trinajstić information content (AvgIpc) is 3.55. The minimum absolute atomic E-state index is 0.0241. The SMILES string of the molecule is NC1CC(NC(=O)NCCCCCCNC(=O)c2ccc(NC(=O)c3ncc(Cc4c(C(F)(F)F)n[nH]c4C4CC4)[nH]3)cc2Cl)C1. The summed E-state index contributed by atoms with van der Waals surface area (Å²) in [7, 11) is 0. The van der Waals surface area contributed by atoms with Gasteiger partial charge < -0.3 is 32.0 Å². The first-order valence-electron chi connectivity index (χ1n) is 15.3. The summed E-state index contributed by atoms with van der Waals surface area (Å²) >= 11 is 6.33. The Labute approximate surface area is 268 Å². The van der Waals surface area contributed by atoms with Gasteiger partial charge in [0.15, 0.2) is 11.5 Å². The van der Waals surface area contributed by atoms with Gasteiger partial charge in [0.1, 0.15) is 0 Å². The number of halogens is 4. The van der Waals surface area contributed by atoms with Crippen LogP contribution in [0.4, 0.5) is 23.7 Å². The molecule has 0 radical (unpaired) electrons. The molecule has 2 aliphatic rings. The van der Waals surface area contributed by atoms with Gasteiger partial charge in [-0.3, -0.25) is 14.7 Å². The molecule has 2 saturated carbocycles. The van der Waals surface area contributed by atoms with Crippen LogP contribution in [0, 0.1) is 0 Å². The Hall–Kier alpha value is -4.11. The van der Waals surface area contributed by atoms with Crippen molar-refractivity contribution < 1.29 is 27.6 Å². The van der Waals surface area contributed by atoms with Crippen LogP contribution in [0.2, 0.25) is 5.02 Å². The number of nitrogens with zero attached hydrogens (tertiary/aromatic N) is 2. The van der Waals surface area contributed by atoms with Crippen molar-refractivity contribution in [3.8, 4) is 0 Å². The summed E-state index contributed by atoms with van der Waals surface area (Å²) in [6, 6.07) is 4.63. The number of aromatic nitrogens is 4. The number of imidazole rings is 1. The van der Waals surface area contributed by atoms with Crippen LogP contribution in [0.1, 0.15) is 101 Å². The van der Waals surface area contributed by atoms with Crippen molar-refractivity contribution in [1.29, 1.82) is 0 Å². The molecule has 0 unspecified atom stereocenters. The molecule has 248 valence electrons. The van der Waals surface area contributed by atoms with Gasteiger partial charge in [0, 0.05) is 66.3 Å². The second kappa shape index (κ2) is 14.5. The lowest BCUT2D eigenvalue weighted by molar-refractivity contribution is -0.141. The largest absolute Gasteiger partial charge is 0.435 e. The van der Waals surface area contributed by atoms with E-state index in [1.165, 1.54) is 24.4 Å². The Bertz CT molecular complexity index is 1550. The zero-order chi connectivity index (χ0) is 32.8. The van der Waals surface area contributed by atoms with Gasteiger partial charge in [0.25, 0.3) is 11.8 Å². The standard InChI is InChI=1S/C30H37ClF3N9O3/c31-23-14-18(7-8-21(23)27(44)36-9-3-1-2-4-10-37-29(46)41-19-11-17(35)12-19)40-28(45)26-38-15-20(39-26)13-22-24(16-5-6-16)42-43-25(22)30(32,33)34/h7-8,14-17,19H,1-6,9-13,35H2,(H,36,44)(H,38,39)(H,40,45)(H,42,43)(H2,37,41,46). The molecule has 12 nitrogen and oxygen atoms in total. The Morgan fingerprint density at radius 3 is 2.39 bits per heavy atom. The summed E-state index contributed by atoms with van der Waals surface area (Å²) in [5, 5.41) is 17.4. The van der Waals surface area contributed by atoms with E-state index in [0.29, 0.717) is 30.2 Å². The summed E-state index contributed by atoms with van der Waals surface area (Å²) in [5.74, 6) is -1.04. The summed E-state index contributed by atoms with van der Waals surface area (Å²) in [5.41, 5.74) is 6.16. The third-order valence-corrected chi connectivity index (χ3v) is 8.33. The van der Waals surface area contributed by atoms with Crippen LogP contribution in [0.25, 0.3) is 0 Å². The first-order chi connectivity index (χ1) is 22.0. The van der Waals surface area contributed by atoms with E-state index in [-0.39, 0.29) is 58.3 Å². The van der Waals surface area contributed by atoms with Crippen molar-refractivity contribution in [2.45, 2.75) is 82.0 Å². The second-order valence-corrected chi connectivity index (χ2v) is 12.2. The summed E-state index contributed by atoms with van der Waals surface area (Å²) < 4.78 is 40.5. The van der Waals surface area contributed by atoms with Crippen molar-refractivity contribution in [3.05, 3.63) is 63.5 Å². The third kappa shape index (κ3) is 8.78. The molecular formula is C30H37ClF3N9O3. The molecule has 2 aliphatic carbocycles.